The van der Waals surface area contributed by atoms with Crippen molar-refractivity contribution in [2.75, 3.05) is 11.5 Å². The summed E-state index contributed by atoms with van der Waals surface area (Å²) in [6.07, 6.45) is 1.45. The zero-order chi connectivity index (χ0) is 21.1. The standard InChI is InChI=1S/C19H13Br2N3O4S/c20-13-7-10(8-14(21)16(13)28-9-15(22)25)6-12-17(26)23-19(29)24(18(12)27)11-4-2-1-3-5-11/h1-8H,9H2,(H2,22,25)(H,23,26,29)/b12-6-. The van der Waals surface area contributed by atoms with Crippen molar-refractivity contribution < 1.29 is 19.1 Å². The molecule has 2 aromatic carbocycles. The number of benzene rings is 2. The number of hydrogen-bond acceptors (Lipinski definition) is 5. The zero-order valence-electron chi connectivity index (χ0n) is 14.6. The molecular formula is C19H13Br2N3O4S. The first-order valence-corrected chi connectivity index (χ1v) is 10.1. The number of nitrogens with one attached hydrogen (secondary N) is 1. The van der Waals surface area contributed by atoms with E-state index in [9.17, 15) is 14.4 Å². The van der Waals surface area contributed by atoms with Gasteiger partial charge in [0.05, 0.1) is 14.6 Å². The lowest BCUT2D eigenvalue weighted by Crippen LogP contribution is -2.54. The summed E-state index contributed by atoms with van der Waals surface area (Å²) in [6.45, 7) is -0.290. The second-order valence-electron chi connectivity index (χ2n) is 5.86. The van der Waals surface area contributed by atoms with Crippen molar-refractivity contribution in [1.29, 1.82) is 0 Å². The molecule has 0 saturated carbocycles. The Morgan fingerprint density at radius 3 is 2.38 bits per heavy atom. The van der Waals surface area contributed by atoms with Crippen LogP contribution in [0.3, 0.4) is 0 Å². The lowest BCUT2D eigenvalue weighted by atomic mass is 10.1. The van der Waals surface area contributed by atoms with Gasteiger partial charge in [-0.15, -0.1) is 0 Å². The summed E-state index contributed by atoms with van der Waals surface area (Å²) in [5.74, 6) is -1.37. The van der Waals surface area contributed by atoms with E-state index in [2.05, 4.69) is 37.2 Å². The Balaban J connectivity index is 1.96. The molecule has 29 heavy (non-hydrogen) atoms. The number of para-hydroxylation sites is 1. The van der Waals surface area contributed by atoms with Crippen molar-refractivity contribution in [1.82, 2.24) is 5.32 Å². The van der Waals surface area contributed by atoms with E-state index < -0.39 is 17.7 Å². The Morgan fingerprint density at radius 1 is 1.17 bits per heavy atom. The number of carbonyl (C=O) groups is 3. The Hall–Kier alpha value is -2.56. The fraction of sp³-hybridized carbons (Fsp3) is 0.0526. The van der Waals surface area contributed by atoms with Crippen molar-refractivity contribution in [3.63, 3.8) is 0 Å². The number of halogens is 2. The zero-order valence-corrected chi connectivity index (χ0v) is 18.6. The number of amides is 3. The van der Waals surface area contributed by atoms with E-state index in [1.54, 1.807) is 36.4 Å². The van der Waals surface area contributed by atoms with Crippen molar-refractivity contribution in [2.45, 2.75) is 0 Å². The van der Waals surface area contributed by atoms with Crippen LogP contribution in [0.1, 0.15) is 5.56 Å². The SMILES string of the molecule is NC(=O)COc1c(Br)cc(/C=C2/C(=O)NC(=S)N(c3ccccc3)C2=O)cc1Br. The molecule has 3 rings (SSSR count). The molecule has 0 unspecified atom stereocenters. The third-order valence-corrected chi connectivity index (χ3v) is 5.27. The number of nitrogens with two attached hydrogens (primary N) is 1. The maximum atomic E-state index is 13.0. The summed E-state index contributed by atoms with van der Waals surface area (Å²) in [5, 5.41) is 2.55. The molecule has 3 amide bonds. The van der Waals surface area contributed by atoms with Crippen LogP contribution < -0.4 is 20.7 Å². The summed E-state index contributed by atoms with van der Waals surface area (Å²) < 4.78 is 6.37. The Bertz CT molecular complexity index is 1030. The molecule has 0 atom stereocenters. The molecule has 0 aliphatic carbocycles. The Kier molecular flexibility index (Phi) is 6.46. The highest BCUT2D eigenvalue weighted by atomic mass is 79.9. The first kappa shape index (κ1) is 21.2. The second-order valence-corrected chi connectivity index (χ2v) is 7.96. The third-order valence-electron chi connectivity index (χ3n) is 3.81. The van der Waals surface area contributed by atoms with Gasteiger partial charge < -0.3 is 10.5 Å². The van der Waals surface area contributed by atoms with Gasteiger partial charge in [0.15, 0.2) is 11.7 Å². The van der Waals surface area contributed by atoms with Crippen LogP contribution in [-0.2, 0) is 14.4 Å². The molecule has 0 spiro atoms. The topological polar surface area (TPSA) is 102 Å². The molecule has 1 aliphatic heterocycles. The van der Waals surface area contributed by atoms with Gasteiger partial charge >= 0.3 is 0 Å². The summed E-state index contributed by atoms with van der Waals surface area (Å²) in [7, 11) is 0. The van der Waals surface area contributed by atoms with Crippen molar-refractivity contribution in [2.24, 2.45) is 5.73 Å². The van der Waals surface area contributed by atoms with Gasteiger partial charge in [-0.1, -0.05) is 18.2 Å². The van der Waals surface area contributed by atoms with Crippen LogP contribution in [0.4, 0.5) is 5.69 Å². The molecule has 1 fully saturated rings. The van der Waals surface area contributed by atoms with Crippen LogP contribution in [0.2, 0.25) is 0 Å². The van der Waals surface area contributed by atoms with E-state index in [1.807, 2.05) is 6.07 Å². The molecule has 1 saturated heterocycles. The van der Waals surface area contributed by atoms with Gasteiger partial charge in [0.1, 0.15) is 11.3 Å². The number of nitrogens with zero attached hydrogens (tertiary/aromatic N) is 1. The lowest BCUT2D eigenvalue weighted by Gasteiger charge is -2.28. The lowest BCUT2D eigenvalue weighted by molar-refractivity contribution is -0.122. The smallest absolute Gasteiger partial charge is 0.270 e. The molecule has 1 aliphatic rings. The van der Waals surface area contributed by atoms with Gasteiger partial charge in [-0.3, -0.25) is 24.6 Å². The summed E-state index contributed by atoms with van der Waals surface area (Å²) in [6, 6.07) is 12.1. The minimum absolute atomic E-state index is 0.0147. The Labute approximate surface area is 188 Å². The molecule has 148 valence electrons. The Morgan fingerprint density at radius 2 is 1.79 bits per heavy atom. The average molecular weight is 539 g/mol. The molecule has 0 bridgehead atoms. The second kappa shape index (κ2) is 8.85. The number of thiocarbonyl (C=S) groups is 1. The maximum Gasteiger partial charge on any atom is 0.270 e. The van der Waals surface area contributed by atoms with E-state index in [-0.39, 0.29) is 17.3 Å². The van der Waals surface area contributed by atoms with Crippen LogP contribution in [0.25, 0.3) is 6.08 Å². The number of anilines is 1. The van der Waals surface area contributed by atoms with Gasteiger partial charge in [-0.05, 0) is 80.0 Å². The van der Waals surface area contributed by atoms with Crippen molar-refractivity contribution in [3.8, 4) is 5.75 Å². The van der Waals surface area contributed by atoms with E-state index >= 15 is 0 Å². The summed E-state index contributed by atoms with van der Waals surface area (Å²) in [5.41, 5.74) is 6.12. The van der Waals surface area contributed by atoms with Gasteiger partial charge in [0, 0.05) is 0 Å². The minimum Gasteiger partial charge on any atom is -0.481 e. The normalized spacial score (nSPS) is 15.4. The van der Waals surface area contributed by atoms with E-state index in [0.717, 1.165) is 0 Å². The number of primary amides is 1. The van der Waals surface area contributed by atoms with E-state index in [1.165, 1.54) is 11.0 Å². The highest BCUT2D eigenvalue weighted by molar-refractivity contribution is 9.11. The van der Waals surface area contributed by atoms with Gasteiger partial charge in [0.2, 0.25) is 0 Å². The molecule has 3 N–H and O–H groups in total. The molecule has 1 heterocycles. The molecule has 0 aromatic heterocycles. The molecule has 10 heteroatoms. The maximum absolute atomic E-state index is 13.0. The first-order chi connectivity index (χ1) is 13.8. The van der Waals surface area contributed by atoms with E-state index in [0.29, 0.717) is 25.9 Å². The highest BCUT2D eigenvalue weighted by Gasteiger charge is 2.34. The molecular weight excluding hydrogens is 526 g/mol. The monoisotopic (exact) mass is 537 g/mol. The fourth-order valence-electron chi connectivity index (χ4n) is 2.58. The molecule has 2 aromatic rings. The van der Waals surface area contributed by atoms with Crippen LogP contribution >= 0.6 is 44.1 Å². The quantitative estimate of drug-likeness (QED) is 0.346. The largest absolute Gasteiger partial charge is 0.481 e. The van der Waals surface area contributed by atoms with Gasteiger partial charge in [-0.2, -0.15) is 0 Å². The predicted octanol–water partition coefficient (Wildman–Crippen LogP) is 2.91. The third kappa shape index (κ3) is 4.72. The average Bonchev–Trinajstić information content (AvgIpc) is 2.65. The summed E-state index contributed by atoms with van der Waals surface area (Å²) >= 11 is 11.9. The van der Waals surface area contributed by atoms with E-state index in [4.69, 9.17) is 22.7 Å². The first-order valence-electron chi connectivity index (χ1n) is 8.14. The van der Waals surface area contributed by atoms with Crippen molar-refractivity contribution >= 4 is 78.7 Å². The van der Waals surface area contributed by atoms with Gasteiger partial charge in [0.25, 0.3) is 17.7 Å². The predicted molar refractivity (Wildman–Crippen MR) is 119 cm³/mol. The highest BCUT2D eigenvalue weighted by Crippen LogP contribution is 2.35. The number of hydrogen-bond donors (Lipinski definition) is 2. The van der Waals surface area contributed by atoms with Crippen LogP contribution in [0.15, 0.2) is 57.0 Å². The minimum atomic E-state index is -0.614. The molecule has 0 radical (unpaired) electrons. The van der Waals surface area contributed by atoms with Crippen LogP contribution in [-0.4, -0.2) is 29.4 Å². The number of ether oxygens (including phenoxy) is 1. The van der Waals surface area contributed by atoms with Crippen LogP contribution in [0, 0.1) is 0 Å². The van der Waals surface area contributed by atoms with Crippen molar-refractivity contribution in [3.05, 3.63) is 62.5 Å². The number of carbonyl (C=O) groups excluding carboxylic acids is 3. The number of rotatable bonds is 5. The summed E-state index contributed by atoms with van der Waals surface area (Å²) in [4.78, 5) is 37.6. The van der Waals surface area contributed by atoms with Gasteiger partial charge in [-0.25, -0.2) is 0 Å². The fourth-order valence-corrected chi connectivity index (χ4v) is 4.31. The molecule has 7 nitrogen and oxygen atoms in total. The van der Waals surface area contributed by atoms with Crippen LogP contribution in [0.5, 0.6) is 5.75 Å².